The lowest BCUT2D eigenvalue weighted by atomic mass is 10.1. The van der Waals surface area contributed by atoms with Crippen LogP contribution in [0.2, 0.25) is 0 Å². The smallest absolute Gasteiger partial charge is 0.263 e. The lowest BCUT2D eigenvalue weighted by molar-refractivity contribution is 0.0716. The molecule has 1 saturated heterocycles. The van der Waals surface area contributed by atoms with Gasteiger partial charge in [0.2, 0.25) is 10.0 Å². The Hall–Kier alpha value is -0.440. The third-order valence-electron chi connectivity index (χ3n) is 3.23. The fraction of sp³-hybridized carbons (Fsp3) is 0.583. The number of hydrogen-bond donors (Lipinski definition) is 1. The van der Waals surface area contributed by atoms with E-state index in [-0.39, 0.29) is 11.9 Å². The molecule has 0 saturated carbocycles. The minimum absolute atomic E-state index is 0.0293. The Labute approximate surface area is 131 Å². The molecule has 2 heterocycles. The molecule has 8 heteroatoms. The number of amides is 1. The summed E-state index contributed by atoms with van der Waals surface area (Å²) in [7, 11) is -3.17. The largest absolute Gasteiger partial charge is 0.338 e. The number of sulfonamides is 1. The van der Waals surface area contributed by atoms with Crippen molar-refractivity contribution in [2.75, 3.05) is 19.3 Å². The number of nitrogens with zero attached hydrogens (tertiary/aromatic N) is 1. The van der Waals surface area contributed by atoms with Crippen LogP contribution in [0, 0.1) is 6.92 Å². The number of nitrogens with one attached hydrogen (secondary N) is 1. The predicted octanol–water partition coefficient (Wildman–Crippen LogP) is 1.97. The topological polar surface area (TPSA) is 66.5 Å². The van der Waals surface area contributed by atoms with Crippen LogP contribution < -0.4 is 4.72 Å². The zero-order valence-corrected chi connectivity index (χ0v) is 14.6. The number of carbonyl (C=O) groups is 1. The fourth-order valence-electron chi connectivity index (χ4n) is 2.22. The van der Waals surface area contributed by atoms with E-state index in [4.69, 9.17) is 0 Å². The van der Waals surface area contributed by atoms with Gasteiger partial charge in [-0.15, -0.1) is 11.3 Å². The van der Waals surface area contributed by atoms with E-state index in [0.717, 1.165) is 20.5 Å². The number of likely N-dealkylation sites (tertiary alicyclic amines) is 1. The molecule has 112 valence electrons. The van der Waals surface area contributed by atoms with Crippen LogP contribution in [0.4, 0.5) is 0 Å². The molecular weight excluding hydrogens is 364 g/mol. The summed E-state index contributed by atoms with van der Waals surface area (Å²) in [5, 5.41) is 0. The second-order valence-electron chi connectivity index (χ2n) is 5.02. The van der Waals surface area contributed by atoms with Gasteiger partial charge in [-0.3, -0.25) is 4.79 Å². The van der Waals surface area contributed by atoms with Crippen molar-refractivity contribution in [1.82, 2.24) is 9.62 Å². The zero-order chi connectivity index (χ0) is 14.9. The molecule has 1 aliphatic heterocycles. The standard InChI is InChI=1S/C12H17BrN2O3S2/c1-8-7-10(19-11(8)13)12(16)15-5-3-9(4-6-15)14-20(2,17)18/h7,9,14H,3-6H2,1-2H3. The van der Waals surface area contributed by atoms with Gasteiger partial charge in [-0.05, 0) is 47.3 Å². The highest BCUT2D eigenvalue weighted by molar-refractivity contribution is 9.11. The molecule has 0 aromatic carbocycles. The summed E-state index contributed by atoms with van der Waals surface area (Å²) in [6, 6.07) is 1.82. The normalized spacial score (nSPS) is 17.4. The van der Waals surface area contributed by atoms with Gasteiger partial charge in [-0.2, -0.15) is 0 Å². The molecule has 0 radical (unpaired) electrons. The van der Waals surface area contributed by atoms with E-state index in [1.165, 1.54) is 11.3 Å². The SMILES string of the molecule is Cc1cc(C(=O)N2CCC(NS(C)(=O)=O)CC2)sc1Br. The highest BCUT2D eigenvalue weighted by Crippen LogP contribution is 2.28. The third-order valence-corrected chi connectivity index (χ3v) is 6.12. The van der Waals surface area contributed by atoms with E-state index in [1.54, 1.807) is 4.90 Å². The maximum absolute atomic E-state index is 12.3. The van der Waals surface area contributed by atoms with Gasteiger partial charge in [0.15, 0.2) is 0 Å². The molecule has 0 bridgehead atoms. The summed E-state index contributed by atoms with van der Waals surface area (Å²) in [4.78, 5) is 14.8. The Balaban J connectivity index is 1.95. The van der Waals surface area contributed by atoms with E-state index in [0.29, 0.717) is 25.9 Å². The lowest BCUT2D eigenvalue weighted by Crippen LogP contribution is -2.46. The van der Waals surface area contributed by atoms with E-state index in [2.05, 4.69) is 20.7 Å². The van der Waals surface area contributed by atoms with Gasteiger partial charge in [0.1, 0.15) is 0 Å². The Bertz CT molecular complexity index is 585. The number of rotatable bonds is 3. The predicted molar refractivity (Wildman–Crippen MR) is 83.7 cm³/mol. The van der Waals surface area contributed by atoms with Crippen LogP contribution in [-0.4, -0.2) is 44.6 Å². The zero-order valence-electron chi connectivity index (χ0n) is 11.3. The van der Waals surface area contributed by atoms with Crippen molar-refractivity contribution in [2.24, 2.45) is 0 Å². The average molecular weight is 381 g/mol. The minimum atomic E-state index is -3.17. The highest BCUT2D eigenvalue weighted by Gasteiger charge is 2.26. The molecular formula is C12H17BrN2O3S2. The molecule has 5 nitrogen and oxygen atoms in total. The Morgan fingerprint density at radius 3 is 2.50 bits per heavy atom. The van der Waals surface area contributed by atoms with Crippen molar-refractivity contribution in [3.8, 4) is 0 Å². The summed E-state index contributed by atoms with van der Waals surface area (Å²) in [5.74, 6) is 0.0293. The molecule has 1 amide bonds. The molecule has 1 aromatic heterocycles. The summed E-state index contributed by atoms with van der Waals surface area (Å²) < 4.78 is 25.9. The van der Waals surface area contributed by atoms with Crippen LogP contribution in [-0.2, 0) is 10.0 Å². The molecule has 0 aliphatic carbocycles. The van der Waals surface area contributed by atoms with E-state index in [9.17, 15) is 13.2 Å². The number of halogens is 1. The summed E-state index contributed by atoms with van der Waals surface area (Å²) in [5.41, 5.74) is 1.06. The van der Waals surface area contributed by atoms with Gasteiger partial charge in [0.05, 0.1) is 14.9 Å². The highest BCUT2D eigenvalue weighted by atomic mass is 79.9. The van der Waals surface area contributed by atoms with Gasteiger partial charge in [-0.25, -0.2) is 13.1 Å². The summed E-state index contributed by atoms with van der Waals surface area (Å²) >= 11 is 4.86. The number of thiophene rings is 1. The second-order valence-corrected chi connectivity index (χ2v) is 9.17. The van der Waals surface area contributed by atoms with Gasteiger partial charge in [0.25, 0.3) is 5.91 Å². The van der Waals surface area contributed by atoms with E-state index in [1.807, 2.05) is 13.0 Å². The first-order chi connectivity index (χ1) is 9.26. The van der Waals surface area contributed by atoms with Gasteiger partial charge < -0.3 is 4.90 Å². The summed E-state index contributed by atoms with van der Waals surface area (Å²) in [6.45, 7) is 3.13. The van der Waals surface area contributed by atoms with Gasteiger partial charge in [0, 0.05) is 19.1 Å². The molecule has 0 unspecified atom stereocenters. The van der Waals surface area contributed by atoms with Crippen molar-refractivity contribution in [3.63, 3.8) is 0 Å². The van der Waals surface area contributed by atoms with E-state index >= 15 is 0 Å². The number of piperidine rings is 1. The molecule has 1 aromatic rings. The molecule has 20 heavy (non-hydrogen) atoms. The van der Waals surface area contributed by atoms with Gasteiger partial charge in [-0.1, -0.05) is 0 Å². The molecule has 0 atom stereocenters. The molecule has 1 aliphatic rings. The average Bonchev–Trinajstić information content (AvgIpc) is 2.68. The van der Waals surface area contributed by atoms with Crippen LogP contribution in [0.3, 0.4) is 0 Å². The Morgan fingerprint density at radius 2 is 2.05 bits per heavy atom. The van der Waals surface area contributed by atoms with Crippen molar-refractivity contribution in [2.45, 2.75) is 25.8 Å². The summed E-state index contributed by atoms with van der Waals surface area (Å²) in [6.07, 6.45) is 2.48. The third kappa shape index (κ3) is 4.03. The van der Waals surface area contributed by atoms with Crippen molar-refractivity contribution < 1.29 is 13.2 Å². The second kappa shape index (κ2) is 6.13. The van der Waals surface area contributed by atoms with Gasteiger partial charge >= 0.3 is 0 Å². The quantitative estimate of drug-likeness (QED) is 0.871. The first-order valence-electron chi connectivity index (χ1n) is 6.29. The van der Waals surface area contributed by atoms with Crippen molar-refractivity contribution in [3.05, 3.63) is 20.3 Å². The number of carbonyl (C=O) groups excluding carboxylic acids is 1. The number of aryl methyl sites for hydroxylation is 1. The van der Waals surface area contributed by atoms with Crippen molar-refractivity contribution >= 4 is 43.2 Å². The first kappa shape index (κ1) is 15.9. The van der Waals surface area contributed by atoms with Crippen LogP contribution in [0.5, 0.6) is 0 Å². The molecule has 2 rings (SSSR count). The monoisotopic (exact) mass is 380 g/mol. The van der Waals surface area contributed by atoms with Crippen molar-refractivity contribution in [1.29, 1.82) is 0 Å². The molecule has 1 fully saturated rings. The van der Waals surface area contributed by atoms with Crippen LogP contribution in [0.1, 0.15) is 28.1 Å². The molecule has 1 N–H and O–H groups in total. The van der Waals surface area contributed by atoms with Crippen LogP contribution in [0.15, 0.2) is 9.85 Å². The number of hydrogen-bond acceptors (Lipinski definition) is 4. The molecule has 0 spiro atoms. The fourth-order valence-corrected chi connectivity index (χ4v) is 4.57. The first-order valence-corrected chi connectivity index (χ1v) is 9.79. The Kier molecular flexibility index (Phi) is 4.88. The maximum atomic E-state index is 12.3. The maximum Gasteiger partial charge on any atom is 0.263 e. The van der Waals surface area contributed by atoms with E-state index < -0.39 is 10.0 Å². The van der Waals surface area contributed by atoms with Crippen LogP contribution in [0.25, 0.3) is 0 Å². The lowest BCUT2D eigenvalue weighted by Gasteiger charge is -2.31. The Morgan fingerprint density at radius 1 is 1.45 bits per heavy atom. The van der Waals surface area contributed by atoms with Crippen LogP contribution >= 0.6 is 27.3 Å². The minimum Gasteiger partial charge on any atom is -0.338 e.